The van der Waals surface area contributed by atoms with Gasteiger partial charge in [0.2, 0.25) is 5.91 Å². The zero-order chi connectivity index (χ0) is 15.2. The van der Waals surface area contributed by atoms with Gasteiger partial charge in [0, 0.05) is 52.4 Å². The molecule has 2 saturated heterocycles. The molecule has 6 nitrogen and oxygen atoms in total. The highest BCUT2D eigenvalue weighted by Gasteiger charge is 2.39. The zero-order valence-electron chi connectivity index (χ0n) is 13.0. The molecule has 0 aliphatic carbocycles. The van der Waals surface area contributed by atoms with Crippen molar-refractivity contribution in [2.45, 2.75) is 31.7 Å². The van der Waals surface area contributed by atoms with Crippen molar-refractivity contribution in [3.8, 4) is 0 Å². The largest absolute Gasteiger partial charge is 0.469 e. The van der Waals surface area contributed by atoms with E-state index >= 15 is 0 Å². The lowest BCUT2D eigenvalue weighted by molar-refractivity contribution is -0.145. The molecule has 120 valence electrons. The number of esters is 1. The molecule has 0 saturated carbocycles. The summed E-state index contributed by atoms with van der Waals surface area (Å²) in [6, 6.07) is 0.283. The Morgan fingerprint density at radius 2 is 2.00 bits per heavy atom. The normalized spacial score (nSPS) is 24.6. The molecule has 0 aromatic heterocycles. The summed E-state index contributed by atoms with van der Waals surface area (Å²) in [5.74, 6) is -0.437. The fourth-order valence-electron chi connectivity index (χ4n) is 3.30. The molecule has 0 aromatic rings. The third-order valence-electron chi connectivity index (χ3n) is 4.51. The van der Waals surface area contributed by atoms with Gasteiger partial charge in [0.1, 0.15) is 0 Å². The van der Waals surface area contributed by atoms with E-state index in [2.05, 4.69) is 4.90 Å². The van der Waals surface area contributed by atoms with E-state index in [1.807, 2.05) is 4.90 Å². The molecule has 2 aliphatic heterocycles. The first-order chi connectivity index (χ1) is 10.2. The lowest BCUT2D eigenvalue weighted by Crippen LogP contribution is -2.46. The minimum Gasteiger partial charge on any atom is -0.469 e. The summed E-state index contributed by atoms with van der Waals surface area (Å²) in [7, 11) is 3.11. The molecule has 6 heteroatoms. The fourth-order valence-corrected chi connectivity index (χ4v) is 3.30. The third kappa shape index (κ3) is 4.17. The Kier molecular flexibility index (Phi) is 5.99. The maximum Gasteiger partial charge on any atom is 0.310 e. The van der Waals surface area contributed by atoms with Gasteiger partial charge in [-0.2, -0.15) is 0 Å². The Balaban J connectivity index is 1.77. The first-order valence-electron chi connectivity index (χ1n) is 7.74. The van der Waals surface area contributed by atoms with Gasteiger partial charge in [-0.25, -0.2) is 0 Å². The van der Waals surface area contributed by atoms with Crippen LogP contribution in [-0.4, -0.2) is 74.7 Å². The molecule has 1 unspecified atom stereocenters. The van der Waals surface area contributed by atoms with E-state index in [0.717, 1.165) is 45.5 Å². The molecule has 2 aliphatic rings. The molecule has 2 fully saturated rings. The summed E-state index contributed by atoms with van der Waals surface area (Å²) in [6.07, 6.45) is 3.34. The van der Waals surface area contributed by atoms with E-state index in [1.54, 1.807) is 7.11 Å². The molecule has 0 aromatic carbocycles. The maximum atomic E-state index is 12.1. The number of ether oxygens (including phenoxy) is 2. The van der Waals surface area contributed by atoms with Crippen molar-refractivity contribution < 1.29 is 19.1 Å². The van der Waals surface area contributed by atoms with Gasteiger partial charge >= 0.3 is 5.97 Å². The first kappa shape index (κ1) is 16.2. The Bertz CT molecular complexity index is 367. The summed E-state index contributed by atoms with van der Waals surface area (Å²) in [5.41, 5.74) is 0. The SMILES string of the molecule is COCCCN1CCC(N2CC(C(=O)OC)CC2=O)CC1. The zero-order valence-corrected chi connectivity index (χ0v) is 13.0. The van der Waals surface area contributed by atoms with E-state index in [1.165, 1.54) is 7.11 Å². The quantitative estimate of drug-likeness (QED) is 0.528. The van der Waals surface area contributed by atoms with Crippen LogP contribution in [0.1, 0.15) is 25.7 Å². The van der Waals surface area contributed by atoms with E-state index < -0.39 is 0 Å². The minimum atomic E-state index is -0.276. The number of hydrogen-bond acceptors (Lipinski definition) is 5. The lowest BCUT2D eigenvalue weighted by atomic mass is 10.0. The molecule has 0 N–H and O–H groups in total. The van der Waals surface area contributed by atoms with Crippen LogP contribution in [0.15, 0.2) is 0 Å². The summed E-state index contributed by atoms with van der Waals surface area (Å²) < 4.78 is 9.82. The van der Waals surface area contributed by atoms with Crippen LogP contribution in [0.25, 0.3) is 0 Å². The van der Waals surface area contributed by atoms with Crippen LogP contribution in [0, 0.1) is 5.92 Å². The second-order valence-corrected chi connectivity index (χ2v) is 5.89. The number of amides is 1. The molecule has 0 spiro atoms. The van der Waals surface area contributed by atoms with Gasteiger partial charge in [0.25, 0.3) is 0 Å². The predicted molar refractivity (Wildman–Crippen MR) is 77.8 cm³/mol. The van der Waals surface area contributed by atoms with Gasteiger partial charge in [-0.05, 0) is 19.3 Å². The van der Waals surface area contributed by atoms with Crippen LogP contribution in [0.4, 0.5) is 0 Å². The smallest absolute Gasteiger partial charge is 0.310 e. The second kappa shape index (κ2) is 7.75. The molecular weight excluding hydrogens is 272 g/mol. The van der Waals surface area contributed by atoms with Crippen molar-refractivity contribution in [2.75, 3.05) is 47.0 Å². The average molecular weight is 298 g/mol. The average Bonchev–Trinajstić information content (AvgIpc) is 2.89. The molecule has 0 bridgehead atoms. The number of rotatable bonds is 6. The standard InChI is InChI=1S/C15H26N2O4/c1-20-9-3-6-16-7-4-13(5-8-16)17-11-12(10-14(17)18)15(19)21-2/h12-13H,3-11H2,1-2H3. The summed E-state index contributed by atoms with van der Waals surface area (Å²) in [6.45, 7) is 4.41. The number of hydrogen-bond donors (Lipinski definition) is 0. The number of piperidine rings is 1. The number of nitrogens with zero attached hydrogens (tertiary/aromatic N) is 2. The van der Waals surface area contributed by atoms with Crippen LogP contribution in [0.3, 0.4) is 0 Å². The van der Waals surface area contributed by atoms with Crippen molar-refractivity contribution in [1.29, 1.82) is 0 Å². The van der Waals surface area contributed by atoms with Crippen molar-refractivity contribution >= 4 is 11.9 Å². The van der Waals surface area contributed by atoms with Gasteiger partial charge in [-0.1, -0.05) is 0 Å². The highest BCUT2D eigenvalue weighted by atomic mass is 16.5. The number of carbonyl (C=O) groups is 2. The summed E-state index contributed by atoms with van der Waals surface area (Å²) in [5, 5.41) is 0. The topological polar surface area (TPSA) is 59.1 Å². The number of likely N-dealkylation sites (tertiary alicyclic amines) is 2. The molecular formula is C15H26N2O4. The first-order valence-corrected chi connectivity index (χ1v) is 7.74. The van der Waals surface area contributed by atoms with Crippen molar-refractivity contribution in [3.63, 3.8) is 0 Å². The predicted octanol–water partition coefficient (Wildman–Crippen LogP) is 0.509. The Hall–Kier alpha value is -1.14. The van der Waals surface area contributed by atoms with Gasteiger partial charge in [-0.3, -0.25) is 9.59 Å². The molecule has 2 rings (SSSR count). The van der Waals surface area contributed by atoms with Crippen LogP contribution >= 0.6 is 0 Å². The molecule has 2 heterocycles. The van der Waals surface area contributed by atoms with Gasteiger partial charge in [0.05, 0.1) is 13.0 Å². The van der Waals surface area contributed by atoms with Crippen LogP contribution < -0.4 is 0 Å². The minimum absolute atomic E-state index is 0.100. The molecule has 21 heavy (non-hydrogen) atoms. The third-order valence-corrected chi connectivity index (χ3v) is 4.51. The lowest BCUT2D eigenvalue weighted by Gasteiger charge is -2.36. The molecule has 1 atom stereocenters. The Morgan fingerprint density at radius 3 is 2.62 bits per heavy atom. The molecule has 0 radical (unpaired) electrons. The Morgan fingerprint density at radius 1 is 1.29 bits per heavy atom. The van der Waals surface area contributed by atoms with Gasteiger partial charge < -0.3 is 19.3 Å². The van der Waals surface area contributed by atoms with Crippen molar-refractivity contribution in [3.05, 3.63) is 0 Å². The van der Waals surface area contributed by atoms with Crippen molar-refractivity contribution in [1.82, 2.24) is 9.80 Å². The van der Waals surface area contributed by atoms with Crippen molar-refractivity contribution in [2.24, 2.45) is 5.92 Å². The number of carbonyl (C=O) groups excluding carboxylic acids is 2. The van der Waals surface area contributed by atoms with E-state index in [4.69, 9.17) is 9.47 Å². The highest BCUT2D eigenvalue weighted by Crippen LogP contribution is 2.26. The van der Waals surface area contributed by atoms with Crippen LogP contribution in [-0.2, 0) is 19.1 Å². The fraction of sp³-hybridized carbons (Fsp3) is 0.867. The van der Waals surface area contributed by atoms with Crippen LogP contribution in [0.2, 0.25) is 0 Å². The second-order valence-electron chi connectivity index (χ2n) is 5.89. The highest BCUT2D eigenvalue weighted by molar-refractivity contribution is 5.87. The van der Waals surface area contributed by atoms with Gasteiger partial charge in [0.15, 0.2) is 0 Å². The maximum absolute atomic E-state index is 12.1. The monoisotopic (exact) mass is 298 g/mol. The molecule has 1 amide bonds. The van der Waals surface area contributed by atoms with E-state index in [0.29, 0.717) is 13.0 Å². The van der Waals surface area contributed by atoms with E-state index in [9.17, 15) is 9.59 Å². The summed E-state index contributed by atoms with van der Waals surface area (Å²) in [4.78, 5) is 28.0. The Labute approximate surface area is 126 Å². The number of methoxy groups -OCH3 is 2. The summed E-state index contributed by atoms with van der Waals surface area (Å²) >= 11 is 0. The van der Waals surface area contributed by atoms with Gasteiger partial charge in [-0.15, -0.1) is 0 Å². The van der Waals surface area contributed by atoms with Crippen LogP contribution in [0.5, 0.6) is 0 Å². The van der Waals surface area contributed by atoms with E-state index in [-0.39, 0.29) is 23.8 Å².